The average Bonchev–Trinajstić information content (AvgIpc) is 2.41. The number of hydrogen-bond acceptors (Lipinski definition) is 3. The lowest BCUT2D eigenvalue weighted by molar-refractivity contribution is -0.110. The third-order valence-corrected chi connectivity index (χ3v) is 3.81. The van der Waals surface area contributed by atoms with Crippen LogP contribution in [0.25, 0.3) is 0 Å². The second-order valence-electron chi connectivity index (χ2n) is 2.03. The van der Waals surface area contributed by atoms with Crippen LogP contribution in [-0.4, -0.2) is 9.32 Å². The summed E-state index contributed by atoms with van der Waals surface area (Å²) < 4.78 is 11.0. The molecule has 1 aliphatic heterocycles. The van der Waals surface area contributed by atoms with Crippen LogP contribution in [0.2, 0.25) is 0 Å². The van der Waals surface area contributed by atoms with Gasteiger partial charge in [-0.1, -0.05) is 0 Å². The molecule has 0 amide bonds. The van der Waals surface area contributed by atoms with Crippen molar-refractivity contribution in [1.29, 1.82) is 0 Å². The molecule has 0 radical (unpaired) electrons. The number of rotatable bonds is 0. The Hall–Kier alpha value is -0.480. The summed E-state index contributed by atoms with van der Waals surface area (Å²) in [6, 6.07) is 1.76. The normalized spacial score (nSPS) is 23.2. The third-order valence-electron chi connectivity index (χ3n) is 1.42. The molecule has 0 spiro atoms. The van der Waals surface area contributed by atoms with Gasteiger partial charge in [-0.3, -0.25) is 4.79 Å². The van der Waals surface area contributed by atoms with Crippen molar-refractivity contribution in [3.8, 4) is 0 Å². The van der Waals surface area contributed by atoms with E-state index in [9.17, 15) is 9.00 Å². The fraction of sp³-hybridized carbons (Fsp3) is 0.167. The summed E-state index contributed by atoms with van der Waals surface area (Å²) >= 11 is 1.51. The van der Waals surface area contributed by atoms with Gasteiger partial charge in [0.1, 0.15) is 10.8 Å². The molecule has 0 fully saturated rings. The molecule has 1 aromatic heterocycles. The van der Waals surface area contributed by atoms with Gasteiger partial charge in [0, 0.05) is 4.88 Å². The molecule has 10 heavy (non-hydrogen) atoms. The van der Waals surface area contributed by atoms with E-state index in [0.29, 0.717) is 6.42 Å². The molecule has 1 unspecified atom stereocenters. The molecule has 1 aliphatic rings. The van der Waals surface area contributed by atoms with E-state index in [-0.39, 0.29) is 5.12 Å². The van der Waals surface area contributed by atoms with Crippen LogP contribution in [0.1, 0.15) is 4.88 Å². The van der Waals surface area contributed by atoms with Crippen LogP contribution in [-0.2, 0) is 22.0 Å². The van der Waals surface area contributed by atoms with Gasteiger partial charge in [0.05, 0.1) is 11.3 Å². The standard InChI is InChI=1S/C6H4O2S2/c7-6-3-4-5(10(6)8)1-2-9-4/h1-2H,3H2. The molecule has 0 aromatic carbocycles. The zero-order valence-electron chi connectivity index (χ0n) is 4.99. The highest BCUT2D eigenvalue weighted by molar-refractivity contribution is 8.01. The van der Waals surface area contributed by atoms with Gasteiger partial charge in [-0.05, 0) is 11.4 Å². The van der Waals surface area contributed by atoms with Crippen molar-refractivity contribution in [3.05, 3.63) is 16.3 Å². The van der Waals surface area contributed by atoms with Crippen LogP contribution in [0, 0.1) is 0 Å². The molecule has 0 aliphatic carbocycles. The number of hydrogen-bond donors (Lipinski definition) is 0. The van der Waals surface area contributed by atoms with Crippen molar-refractivity contribution >= 4 is 27.3 Å². The first kappa shape index (κ1) is 6.24. The minimum atomic E-state index is -1.34. The van der Waals surface area contributed by atoms with Crippen LogP contribution in [0.5, 0.6) is 0 Å². The van der Waals surface area contributed by atoms with Crippen LogP contribution in [0.4, 0.5) is 0 Å². The third kappa shape index (κ3) is 0.690. The summed E-state index contributed by atoms with van der Waals surface area (Å²) in [6.07, 6.45) is 0.375. The Labute approximate surface area is 64.3 Å². The molecular weight excluding hydrogens is 168 g/mol. The van der Waals surface area contributed by atoms with Crippen molar-refractivity contribution in [2.75, 3.05) is 0 Å². The van der Waals surface area contributed by atoms with E-state index in [1.54, 1.807) is 6.07 Å². The Kier molecular flexibility index (Phi) is 1.25. The zero-order valence-corrected chi connectivity index (χ0v) is 6.63. The Bertz CT molecular complexity index is 313. The second-order valence-corrected chi connectivity index (χ2v) is 4.46. The van der Waals surface area contributed by atoms with Gasteiger partial charge < -0.3 is 0 Å². The molecule has 2 rings (SSSR count). The minimum Gasteiger partial charge on any atom is -0.284 e. The number of fused-ring (bicyclic) bond motifs is 1. The summed E-state index contributed by atoms with van der Waals surface area (Å²) in [5, 5.41) is 1.72. The predicted octanol–water partition coefficient (Wildman–Crippen LogP) is 0.938. The molecular formula is C6H4O2S2. The van der Waals surface area contributed by atoms with Gasteiger partial charge >= 0.3 is 0 Å². The lowest BCUT2D eigenvalue weighted by Crippen LogP contribution is -1.98. The van der Waals surface area contributed by atoms with Crippen LogP contribution < -0.4 is 0 Å². The molecule has 2 heterocycles. The van der Waals surface area contributed by atoms with Crippen molar-refractivity contribution in [2.45, 2.75) is 11.3 Å². The van der Waals surface area contributed by atoms with Gasteiger partial charge in [0.15, 0.2) is 0 Å². The van der Waals surface area contributed by atoms with Gasteiger partial charge in [-0.25, -0.2) is 4.21 Å². The first-order valence-corrected chi connectivity index (χ1v) is 4.83. The highest BCUT2D eigenvalue weighted by atomic mass is 32.2. The van der Waals surface area contributed by atoms with Gasteiger partial charge in [0.2, 0.25) is 5.12 Å². The van der Waals surface area contributed by atoms with E-state index in [0.717, 1.165) is 9.77 Å². The molecule has 0 N–H and O–H groups in total. The smallest absolute Gasteiger partial charge is 0.228 e. The first-order chi connectivity index (χ1) is 4.79. The number of carbonyl (C=O) groups is 1. The van der Waals surface area contributed by atoms with E-state index < -0.39 is 10.8 Å². The summed E-state index contributed by atoms with van der Waals surface area (Å²) in [6.45, 7) is 0. The lowest BCUT2D eigenvalue weighted by atomic mass is 10.4. The maximum atomic E-state index is 11.0. The summed E-state index contributed by atoms with van der Waals surface area (Å²) in [5.74, 6) is 0. The molecule has 2 nitrogen and oxygen atoms in total. The van der Waals surface area contributed by atoms with E-state index in [4.69, 9.17) is 0 Å². The van der Waals surface area contributed by atoms with E-state index in [1.165, 1.54) is 11.3 Å². The molecule has 0 saturated heterocycles. The van der Waals surface area contributed by atoms with E-state index in [2.05, 4.69) is 0 Å². The Morgan fingerprint density at radius 3 is 3.10 bits per heavy atom. The monoisotopic (exact) mass is 172 g/mol. The molecule has 4 heteroatoms. The number of carbonyl (C=O) groups excluding carboxylic acids is 1. The molecule has 1 aromatic rings. The maximum Gasteiger partial charge on any atom is 0.228 e. The zero-order chi connectivity index (χ0) is 7.14. The van der Waals surface area contributed by atoms with Crippen LogP contribution >= 0.6 is 11.3 Å². The predicted molar refractivity (Wildman–Crippen MR) is 39.4 cm³/mol. The quantitative estimate of drug-likeness (QED) is 0.583. The highest BCUT2D eigenvalue weighted by Gasteiger charge is 2.27. The van der Waals surface area contributed by atoms with E-state index >= 15 is 0 Å². The molecule has 52 valence electrons. The van der Waals surface area contributed by atoms with Gasteiger partial charge in [-0.15, -0.1) is 11.3 Å². The molecule has 0 saturated carbocycles. The molecule has 0 bridgehead atoms. The summed E-state index contributed by atoms with van der Waals surface area (Å²) in [5.41, 5.74) is 0. The fourth-order valence-electron chi connectivity index (χ4n) is 0.942. The lowest BCUT2D eigenvalue weighted by Gasteiger charge is -1.80. The topological polar surface area (TPSA) is 34.1 Å². The fourth-order valence-corrected chi connectivity index (χ4v) is 3.25. The summed E-state index contributed by atoms with van der Waals surface area (Å²) in [4.78, 5) is 12.5. The van der Waals surface area contributed by atoms with Crippen molar-refractivity contribution < 1.29 is 9.00 Å². The second kappa shape index (κ2) is 2.00. The largest absolute Gasteiger partial charge is 0.284 e. The highest BCUT2D eigenvalue weighted by Crippen LogP contribution is 2.28. The number of thiophene rings is 1. The summed E-state index contributed by atoms with van der Waals surface area (Å²) in [7, 11) is -1.34. The first-order valence-electron chi connectivity index (χ1n) is 2.80. The minimum absolute atomic E-state index is 0.151. The Morgan fingerprint density at radius 1 is 1.60 bits per heavy atom. The Balaban J connectivity index is 2.63. The van der Waals surface area contributed by atoms with Gasteiger partial charge in [-0.2, -0.15) is 0 Å². The Morgan fingerprint density at radius 2 is 2.40 bits per heavy atom. The van der Waals surface area contributed by atoms with Crippen LogP contribution in [0.15, 0.2) is 16.3 Å². The van der Waals surface area contributed by atoms with E-state index in [1.807, 2.05) is 5.38 Å². The van der Waals surface area contributed by atoms with Crippen molar-refractivity contribution in [3.63, 3.8) is 0 Å². The van der Waals surface area contributed by atoms with Gasteiger partial charge in [0.25, 0.3) is 0 Å². The maximum absolute atomic E-state index is 11.0. The van der Waals surface area contributed by atoms with Crippen molar-refractivity contribution in [2.24, 2.45) is 0 Å². The SMILES string of the molecule is O=C1Cc2sccc2S1=O. The molecule has 1 atom stereocenters. The average molecular weight is 172 g/mol. The van der Waals surface area contributed by atoms with Crippen LogP contribution in [0.3, 0.4) is 0 Å². The van der Waals surface area contributed by atoms with Crippen molar-refractivity contribution in [1.82, 2.24) is 0 Å².